The van der Waals surface area contributed by atoms with Crippen LogP contribution >= 0.6 is 22.7 Å². The monoisotopic (exact) mass is 359 g/mol. The van der Waals surface area contributed by atoms with Crippen LogP contribution in [0.1, 0.15) is 17.5 Å². The zero-order chi connectivity index (χ0) is 16.9. The van der Waals surface area contributed by atoms with Crippen molar-refractivity contribution in [2.75, 3.05) is 11.9 Å². The summed E-state index contributed by atoms with van der Waals surface area (Å²) in [5.41, 5.74) is 1.69. The number of para-hydroxylation sites is 1. The molecule has 3 aromatic rings. The molecule has 3 rings (SSSR count). The number of nitrogens with one attached hydrogen (secondary N) is 1. The molecule has 24 heavy (non-hydrogen) atoms. The quantitative estimate of drug-likeness (QED) is 0.718. The zero-order valence-corrected chi connectivity index (χ0v) is 15.0. The van der Waals surface area contributed by atoms with Crippen LogP contribution in [0.3, 0.4) is 0 Å². The van der Waals surface area contributed by atoms with E-state index in [9.17, 15) is 4.79 Å². The molecule has 0 saturated carbocycles. The Labute approximate surface area is 148 Å². The van der Waals surface area contributed by atoms with E-state index in [2.05, 4.69) is 15.3 Å². The molecule has 0 bridgehead atoms. The fourth-order valence-electron chi connectivity index (χ4n) is 2.18. The topological polar surface area (TPSA) is 64.1 Å². The minimum absolute atomic E-state index is 0.112. The number of ether oxygens (including phenoxy) is 1. The third-order valence-electron chi connectivity index (χ3n) is 3.18. The molecule has 1 aromatic carbocycles. The average molecular weight is 359 g/mol. The first kappa shape index (κ1) is 16.6. The molecule has 2 heterocycles. The SMILES string of the molecule is CCOc1ccccc1-c1nc(CC(=O)Nc2ncc(C)s2)cs1. The first-order chi connectivity index (χ1) is 11.7. The van der Waals surface area contributed by atoms with Gasteiger partial charge in [-0.1, -0.05) is 12.1 Å². The Morgan fingerprint density at radius 3 is 2.92 bits per heavy atom. The lowest BCUT2D eigenvalue weighted by atomic mass is 10.2. The number of amides is 1. The maximum absolute atomic E-state index is 12.1. The molecule has 0 radical (unpaired) electrons. The number of thiazole rings is 2. The molecule has 1 N–H and O–H groups in total. The first-order valence-electron chi connectivity index (χ1n) is 7.54. The van der Waals surface area contributed by atoms with E-state index < -0.39 is 0 Å². The third-order valence-corrected chi connectivity index (χ3v) is 4.93. The van der Waals surface area contributed by atoms with E-state index in [1.807, 2.05) is 43.5 Å². The lowest BCUT2D eigenvalue weighted by Gasteiger charge is -2.07. The third kappa shape index (κ3) is 3.98. The van der Waals surface area contributed by atoms with Crippen LogP contribution in [0.2, 0.25) is 0 Å². The molecule has 0 aliphatic heterocycles. The fraction of sp³-hybridized carbons (Fsp3) is 0.235. The summed E-state index contributed by atoms with van der Waals surface area (Å²) in [7, 11) is 0. The summed E-state index contributed by atoms with van der Waals surface area (Å²) in [6.07, 6.45) is 1.97. The van der Waals surface area contributed by atoms with Crippen LogP contribution in [-0.2, 0) is 11.2 Å². The number of nitrogens with zero attached hydrogens (tertiary/aromatic N) is 2. The minimum atomic E-state index is -0.112. The van der Waals surface area contributed by atoms with Gasteiger partial charge in [0.1, 0.15) is 10.8 Å². The summed E-state index contributed by atoms with van der Waals surface area (Å²) in [5, 5.41) is 6.18. The Bertz CT molecular complexity index is 842. The number of benzene rings is 1. The van der Waals surface area contributed by atoms with Crippen LogP contribution in [0.5, 0.6) is 5.75 Å². The molecule has 7 heteroatoms. The highest BCUT2D eigenvalue weighted by Crippen LogP contribution is 2.32. The number of carbonyl (C=O) groups excluding carboxylic acids is 1. The Kier molecular flexibility index (Phi) is 5.22. The number of aromatic nitrogens is 2. The minimum Gasteiger partial charge on any atom is -0.493 e. The van der Waals surface area contributed by atoms with Crippen molar-refractivity contribution in [2.45, 2.75) is 20.3 Å². The predicted octanol–water partition coefficient (Wildman–Crippen LogP) is 4.15. The molecule has 0 fully saturated rings. The van der Waals surface area contributed by atoms with Crippen molar-refractivity contribution in [2.24, 2.45) is 0 Å². The summed E-state index contributed by atoms with van der Waals surface area (Å²) in [5.74, 6) is 0.697. The Morgan fingerprint density at radius 2 is 2.17 bits per heavy atom. The first-order valence-corrected chi connectivity index (χ1v) is 9.24. The molecule has 0 atom stereocenters. The maximum atomic E-state index is 12.1. The number of hydrogen-bond acceptors (Lipinski definition) is 6. The van der Waals surface area contributed by atoms with Crippen LogP contribution in [0.15, 0.2) is 35.8 Å². The molecule has 0 aliphatic carbocycles. The van der Waals surface area contributed by atoms with E-state index in [4.69, 9.17) is 4.74 Å². The number of rotatable bonds is 6. The van der Waals surface area contributed by atoms with Crippen LogP contribution in [-0.4, -0.2) is 22.5 Å². The largest absolute Gasteiger partial charge is 0.493 e. The van der Waals surface area contributed by atoms with Gasteiger partial charge in [0.05, 0.1) is 24.3 Å². The van der Waals surface area contributed by atoms with Gasteiger partial charge in [-0.25, -0.2) is 9.97 Å². The highest BCUT2D eigenvalue weighted by atomic mass is 32.1. The fourth-order valence-corrected chi connectivity index (χ4v) is 3.71. The number of carbonyl (C=O) groups is 1. The number of hydrogen-bond donors (Lipinski definition) is 1. The van der Waals surface area contributed by atoms with Crippen molar-refractivity contribution in [1.82, 2.24) is 9.97 Å². The van der Waals surface area contributed by atoms with Gasteiger partial charge < -0.3 is 10.1 Å². The predicted molar refractivity (Wildman–Crippen MR) is 97.9 cm³/mol. The number of aryl methyl sites for hydroxylation is 1. The van der Waals surface area contributed by atoms with Gasteiger partial charge in [0.15, 0.2) is 5.13 Å². The van der Waals surface area contributed by atoms with E-state index in [-0.39, 0.29) is 12.3 Å². The highest BCUT2D eigenvalue weighted by molar-refractivity contribution is 7.15. The van der Waals surface area contributed by atoms with Crippen molar-refractivity contribution >= 4 is 33.7 Å². The second-order valence-electron chi connectivity index (χ2n) is 5.07. The van der Waals surface area contributed by atoms with Crippen LogP contribution in [0, 0.1) is 6.92 Å². The molecule has 0 saturated heterocycles. The van der Waals surface area contributed by atoms with Gasteiger partial charge in [0, 0.05) is 16.5 Å². The number of anilines is 1. The summed E-state index contributed by atoms with van der Waals surface area (Å²) in [6, 6.07) is 7.80. The molecule has 2 aromatic heterocycles. The van der Waals surface area contributed by atoms with E-state index in [0.29, 0.717) is 11.7 Å². The van der Waals surface area contributed by atoms with Gasteiger partial charge in [-0.2, -0.15) is 0 Å². The van der Waals surface area contributed by atoms with E-state index in [1.54, 1.807) is 6.20 Å². The average Bonchev–Trinajstić information content (AvgIpc) is 3.17. The summed E-state index contributed by atoms with van der Waals surface area (Å²) in [6.45, 7) is 4.51. The van der Waals surface area contributed by atoms with Crippen molar-refractivity contribution in [1.29, 1.82) is 0 Å². The molecule has 0 aliphatic rings. The van der Waals surface area contributed by atoms with E-state index in [0.717, 1.165) is 26.9 Å². The van der Waals surface area contributed by atoms with Crippen LogP contribution < -0.4 is 10.1 Å². The Hall–Kier alpha value is -2.25. The van der Waals surface area contributed by atoms with Crippen molar-refractivity contribution in [3.05, 3.63) is 46.4 Å². The van der Waals surface area contributed by atoms with Crippen molar-refractivity contribution < 1.29 is 9.53 Å². The maximum Gasteiger partial charge on any atom is 0.232 e. The van der Waals surface area contributed by atoms with E-state index >= 15 is 0 Å². The van der Waals surface area contributed by atoms with Gasteiger partial charge in [-0.05, 0) is 26.0 Å². The summed E-state index contributed by atoms with van der Waals surface area (Å²) >= 11 is 2.97. The zero-order valence-electron chi connectivity index (χ0n) is 13.4. The van der Waals surface area contributed by atoms with Gasteiger partial charge in [0.2, 0.25) is 5.91 Å². The Morgan fingerprint density at radius 1 is 1.33 bits per heavy atom. The van der Waals surface area contributed by atoms with E-state index in [1.165, 1.54) is 22.7 Å². The molecule has 1 amide bonds. The molecule has 0 unspecified atom stereocenters. The van der Waals surface area contributed by atoms with Crippen LogP contribution in [0.25, 0.3) is 10.6 Å². The smallest absolute Gasteiger partial charge is 0.232 e. The highest BCUT2D eigenvalue weighted by Gasteiger charge is 2.13. The molecule has 5 nitrogen and oxygen atoms in total. The van der Waals surface area contributed by atoms with Gasteiger partial charge in [0.25, 0.3) is 0 Å². The van der Waals surface area contributed by atoms with Crippen LogP contribution in [0.4, 0.5) is 5.13 Å². The van der Waals surface area contributed by atoms with Gasteiger partial charge in [-0.3, -0.25) is 4.79 Å². The molecule has 0 spiro atoms. The molecule has 124 valence electrons. The second-order valence-corrected chi connectivity index (χ2v) is 7.17. The summed E-state index contributed by atoms with van der Waals surface area (Å²) < 4.78 is 5.64. The van der Waals surface area contributed by atoms with Gasteiger partial charge >= 0.3 is 0 Å². The lowest BCUT2D eigenvalue weighted by Crippen LogP contribution is -2.14. The molecular formula is C17H17N3O2S2. The van der Waals surface area contributed by atoms with Crippen molar-refractivity contribution in [3.8, 4) is 16.3 Å². The Balaban J connectivity index is 1.70. The molecular weight excluding hydrogens is 342 g/mol. The standard InChI is InChI=1S/C17H17N3O2S2/c1-3-22-14-7-5-4-6-13(14)16-19-12(10-23-16)8-15(21)20-17-18-9-11(2)24-17/h4-7,9-10H,3,8H2,1-2H3,(H,18,20,21). The van der Waals surface area contributed by atoms with Gasteiger partial charge in [-0.15, -0.1) is 22.7 Å². The summed E-state index contributed by atoms with van der Waals surface area (Å²) in [4.78, 5) is 21.9. The lowest BCUT2D eigenvalue weighted by molar-refractivity contribution is -0.115. The second kappa shape index (κ2) is 7.55. The van der Waals surface area contributed by atoms with Crippen molar-refractivity contribution in [3.63, 3.8) is 0 Å². The normalized spacial score (nSPS) is 10.6.